The molecule has 0 amide bonds. The molecular formula is C18H18N2O6. The van der Waals surface area contributed by atoms with Gasteiger partial charge in [-0.25, -0.2) is 0 Å². The minimum absolute atomic E-state index is 0.0652. The zero-order valence-corrected chi connectivity index (χ0v) is 14.6. The molecule has 0 unspecified atom stereocenters. The Morgan fingerprint density at radius 2 is 1.96 bits per heavy atom. The fraction of sp³-hybridized carbons (Fsp3) is 0.389. The van der Waals surface area contributed by atoms with Crippen LogP contribution in [0.2, 0.25) is 0 Å². The predicted molar refractivity (Wildman–Crippen MR) is 89.6 cm³/mol. The molecule has 0 spiro atoms. The topological polar surface area (TPSA) is 113 Å². The maximum absolute atomic E-state index is 12.7. The molecule has 1 aromatic carbocycles. The molecule has 0 radical (unpaired) electrons. The molecule has 3 rings (SSSR count). The summed E-state index contributed by atoms with van der Waals surface area (Å²) in [4.78, 5) is 36.2. The molecule has 3 atom stereocenters. The Morgan fingerprint density at radius 1 is 1.31 bits per heavy atom. The maximum atomic E-state index is 12.7. The third-order valence-electron chi connectivity index (χ3n) is 4.88. The van der Waals surface area contributed by atoms with Crippen LogP contribution in [0.4, 0.5) is 5.69 Å². The smallest absolute Gasteiger partial charge is 0.334 e. The number of aryl methyl sites for hydroxylation is 1. The number of carbonyl (C=O) groups excluding carboxylic acids is 2. The lowest BCUT2D eigenvalue weighted by atomic mass is 9.94. The van der Waals surface area contributed by atoms with Gasteiger partial charge < -0.3 is 9.26 Å². The first kappa shape index (κ1) is 17.8. The number of nitro groups is 1. The summed E-state index contributed by atoms with van der Waals surface area (Å²) < 4.78 is 10.4. The summed E-state index contributed by atoms with van der Waals surface area (Å²) >= 11 is 0. The van der Waals surface area contributed by atoms with E-state index in [2.05, 4.69) is 5.16 Å². The molecular weight excluding hydrogens is 340 g/mol. The molecule has 8 nitrogen and oxygen atoms in total. The van der Waals surface area contributed by atoms with E-state index in [4.69, 9.17) is 9.26 Å². The Bertz CT molecular complexity index is 875. The summed E-state index contributed by atoms with van der Waals surface area (Å²) in [5.41, 5.74) is -1.04. The molecule has 1 heterocycles. The summed E-state index contributed by atoms with van der Waals surface area (Å²) in [5, 5.41) is 15.1. The van der Waals surface area contributed by atoms with E-state index in [0.717, 1.165) is 0 Å². The van der Waals surface area contributed by atoms with Crippen LogP contribution in [-0.4, -0.2) is 28.4 Å². The van der Waals surface area contributed by atoms with Crippen LogP contribution >= 0.6 is 0 Å². The van der Waals surface area contributed by atoms with Crippen LogP contribution in [0.25, 0.3) is 0 Å². The first-order chi connectivity index (χ1) is 12.4. The molecule has 1 aliphatic carbocycles. The van der Waals surface area contributed by atoms with Gasteiger partial charge in [-0.05, 0) is 26.3 Å². The average molecular weight is 358 g/mol. The number of esters is 1. The van der Waals surface area contributed by atoms with Gasteiger partial charge in [0.25, 0.3) is 0 Å². The van der Waals surface area contributed by atoms with Crippen molar-refractivity contribution in [3.8, 4) is 0 Å². The third-order valence-corrected chi connectivity index (χ3v) is 4.88. The largest absolute Gasteiger partial charge is 0.465 e. The standard InChI is InChI=1S/C18H18N2O6/c1-4-25-17(22)18(11(3)21)13(12-8-6-5-7-9-12)14(18)16-15(20(23)24)10(2)19-26-16/h5-9,13-14H,4H2,1-3H3/t13-,14+,18+/m1/s1. The lowest BCUT2D eigenvalue weighted by Crippen LogP contribution is -2.29. The van der Waals surface area contributed by atoms with E-state index in [-0.39, 0.29) is 23.7 Å². The highest BCUT2D eigenvalue weighted by Gasteiger charge is 2.77. The number of rotatable bonds is 6. The van der Waals surface area contributed by atoms with Gasteiger partial charge >= 0.3 is 11.7 Å². The van der Waals surface area contributed by atoms with Gasteiger partial charge in [-0.15, -0.1) is 0 Å². The number of carbonyl (C=O) groups is 2. The first-order valence-electron chi connectivity index (χ1n) is 8.21. The van der Waals surface area contributed by atoms with Gasteiger partial charge in [-0.1, -0.05) is 35.5 Å². The Balaban J connectivity index is 2.19. The molecule has 0 aliphatic heterocycles. The van der Waals surface area contributed by atoms with Crippen molar-refractivity contribution in [3.63, 3.8) is 0 Å². The van der Waals surface area contributed by atoms with Crippen molar-refractivity contribution in [3.05, 3.63) is 57.5 Å². The summed E-state index contributed by atoms with van der Waals surface area (Å²) in [7, 11) is 0. The van der Waals surface area contributed by atoms with E-state index in [1.807, 2.05) is 6.07 Å². The van der Waals surface area contributed by atoms with Crippen LogP contribution in [0, 0.1) is 22.5 Å². The fourth-order valence-electron chi connectivity index (χ4n) is 3.76. The van der Waals surface area contributed by atoms with Gasteiger partial charge in [0.1, 0.15) is 11.2 Å². The highest BCUT2D eigenvalue weighted by atomic mass is 16.6. The SMILES string of the molecule is CCOC(=O)[C@@]1(C(C)=O)[C@H](c2ccccc2)[C@H]1c1onc(C)c1[N+](=O)[O-]. The molecule has 26 heavy (non-hydrogen) atoms. The van der Waals surface area contributed by atoms with Crippen LogP contribution in [0.3, 0.4) is 0 Å². The summed E-state index contributed by atoms with van der Waals surface area (Å²) in [5.74, 6) is -2.62. The van der Waals surface area contributed by atoms with Gasteiger partial charge in [0.15, 0.2) is 5.69 Å². The molecule has 8 heteroatoms. The molecule has 2 aromatic rings. The molecule has 136 valence electrons. The number of hydrogen-bond donors (Lipinski definition) is 0. The van der Waals surface area contributed by atoms with Gasteiger partial charge in [-0.2, -0.15) is 0 Å². The molecule has 1 saturated carbocycles. The normalized spacial score (nSPS) is 24.1. The van der Waals surface area contributed by atoms with Crippen molar-refractivity contribution in [2.24, 2.45) is 5.41 Å². The van der Waals surface area contributed by atoms with Gasteiger partial charge in [0.05, 0.1) is 17.4 Å². The second kappa shape index (κ2) is 6.36. The average Bonchev–Trinajstić information content (AvgIpc) is 3.17. The number of Topliss-reactive ketones (excluding diaryl/α,β-unsaturated/α-hetero) is 1. The maximum Gasteiger partial charge on any atom is 0.334 e. The minimum atomic E-state index is -1.55. The van der Waals surface area contributed by atoms with Crippen LogP contribution < -0.4 is 0 Å². The highest BCUT2D eigenvalue weighted by molar-refractivity contribution is 6.09. The number of ether oxygens (including phenoxy) is 1. The van der Waals surface area contributed by atoms with E-state index in [0.29, 0.717) is 5.56 Å². The van der Waals surface area contributed by atoms with Crippen LogP contribution in [0.1, 0.15) is 42.7 Å². The fourth-order valence-corrected chi connectivity index (χ4v) is 3.76. The highest BCUT2D eigenvalue weighted by Crippen LogP contribution is 2.72. The van der Waals surface area contributed by atoms with Crippen molar-refractivity contribution in [1.82, 2.24) is 5.16 Å². The first-order valence-corrected chi connectivity index (χ1v) is 8.21. The minimum Gasteiger partial charge on any atom is -0.465 e. The van der Waals surface area contributed by atoms with Crippen LogP contribution in [0.15, 0.2) is 34.9 Å². The molecule has 0 saturated heterocycles. The third kappa shape index (κ3) is 2.40. The zero-order chi connectivity index (χ0) is 19.1. The van der Waals surface area contributed by atoms with E-state index in [1.165, 1.54) is 13.8 Å². The van der Waals surface area contributed by atoms with E-state index < -0.39 is 33.9 Å². The molecule has 1 aliphatic rings. The Labute approximate surface area is 149 Å². The van der Waals surface area contributed by atoms with Gasteiger partial charge in [0.2, 0.25) is 5.76 Å². The lowest BCUT2D eigenvalue weighted by molar-refractivity contribution is -0.386. The summed E-state index contributed by atoms with van der Waals surface area (Å²) in [6, 6.07) is 8.91. The quantitative estimate of drug-likeness (QED) is 0.338. The van der Waals surface area contributed by atoms with E-state index in [1.54, 1.807) is 31.2 Å². The zero-order valence-electron chi connectivity index (χ0n) is 14.6. The Morgan fingerprint density at radius 3 is 2.50 bits per heavy atom. The monoisotopic (exact) mass is 358 g/mol. The van der Waals surface area contributed by atoms with Crippen molar-refractivity contribution in [1.29, 1.82) is 0 Å². The van der Waals surface area contributed by atoms with Crippen molar-refractivity contribution >= 4 is 17.4 Å². The number of ketones is 1. The van der Waals surface area contributed by atoms with Crippen LogP contribution in [-0.2, 0) is 14.3 Å². The van der Waals surface area contributed by atoms with Crippen molar-refractivity contribution in [2.45, 2.75) is 32.6 Å². The molecule has 1 fully saturated rings. The Hall–Kier alpha value is -3.03. The Kier molecular flexibility index (Phi) is 4.35. The number of nitrogens with zero attached hydrogens (tertiary/aromatic N) is 2. The van der Waals surface area contributed by atoms with Gasteiger partial charge in [0, 0.05) is 5.92 Å². The summed E-state index contributed by atoms with van der Waals surface area (Å²) in [6.07, 6.45) is 0. The van der Waals surface area contributed by atoms with Crippen molar-refractivity contribution in [2.75, 3.05) is 6.61 Å². The number of aromatic nitrogens is 1. The number of benzene rings is 1. The van der Waals surface area contributed by atoms with E-state index >= 15 is 0 Å². The number of hydrogen-bond acceptors (Lipinski definition) is 7. The van der Waals surface area contributed by atoms with Crippen molar-refractivity contribution < 1.29 is 23.8 Å². The lowest BCUT2D eigenvalue weighted by Gasteiger charge is -2.13. The van der Waals surface area contributed by atoms with Gasteiger partial charge in [-0.3, -0.25) is 19.7 Å². The predicted octanol–water partition coefficient (Wildman–Crippen LogP) is 2.91. The van der Waals surface area contributed by atoms with Crippen LogP contribution in [0.5, 0.6) is 0 Å². The molecule has 1 aromatic heterocycles. The van der Waals surface area contributed by atoms with E-state index in [9.17, 15) is 19.7 Å². The molecule has 0 N–H and O–H groups in total. The second-order valence-corrected chi connectivity index (χ2v) is 6.25. The molecule has 0 bridgehead atoms. The summed E-state index contributed by atoms with van der Waals surface area (Å²) in [6.45, 7) is 4.48. The second-order valence-electron chi connectivity index (χ2n) is 6.25.